The quantitative estimate of drug-likeness (QED) is 0.578. The molecule has 0 aliphatic rings. The molecule has 0 fully saturated rings. The molecule has 0 bridgehead atoms. The van der Waals surface area contributed by atoms with Crippen molar-refractivity contribution in [1.29, 1.82) is 0 Å². The summed E-state index contributed by atoms with van der Waals surface area (Å²) in [6, 6.07) is 6.12. The van der Waals surface area contributed by atoms with Crippen LogP contribution in [0.2, 0.25) is 0 Å². The lowest BCUT2D eigenvalue weighted by Crippen LogP contribution is -2.28. The summed E-state index contributed by atoms with van der Waals surface area (Å²) >= 11 is 0. The van der Waals surface area contributed by atoms with Gasteiger partial charge in [-0.05, 0) is 18.2 Å². The maximum atomic E-state index is 11.0. The number of amides is 1. The van der Waals surface area contributed by atoms with Crippen LogP contribution in [0, 0.1) is 0 Å². The van der Waals surface area contributed by atoms with Crippen LogP contribution in [0.25, 0.3) is 0 Å². The van der Waals surface area contributed by atoms with Gasteiger partial charge in [0.1, 0.15) is 19.0 Å². The average molecular weight is 265 g/mol. The monoisotopic (exact) mass is 265 g/mol. The highest BCUT2D eigenvalue weighted by Crippen LogP contribution is 2.12. The van der Waals surface area contributed by atoms with Crippen molar-refractivity contribution in [2.75, 3.05) is 19.8 Å². The van der Waals surface area contributed by atoms with Crippen molar-refractivity contribution in [3.8, 4) is 5.75 Å². The molecule has 2 N–H and O–H groups in total. The minimum absolute atomic E-state index is 0.146. The summed E-state index contributed by atoms with van der Waals surface area (Å²) in [6.45, 7) is 4.03. The third-order valence-corrected chi connectivity index (χ3v) is 2.05. The summed E-state index contributed by atoms with van der Waals surface area (Å²) in [5.74, 6) is -0.585. The van der Waals surface area contributed by atoms with Crippen molar-refractivity contribution in [2.24, 2.45) is 0 Å². The predicted molar refractivity (Wildman–Crippen MR) is 68.4 cm³/mol. The highest BCUT2D eigenvalue weighted by atomic mass is 16.5. The fraction of sp³-hybridized carbons (Fsp3) is 0.231. The van der Waals surface area contributed by atoms with E-state index in [1.807, 2.05) is 0 Å². The fourth-order valence-corrected chi connectivity index (χ4v) is 1.23. The number of hydrogen-bond donors (Lipinski definition) is 2. The highest BCUT2D eigenvalue weighted by Gasteiger charge is 2.04. The molecule has 1 aromatic rings. The molecule has 0 unspecified atom stereocenters. The maximum Gasteiger partial charge on any atom is 0.407 e. The Morgan fingerprint density at radius 2 is 2.21 bits per heavy atom. The molecular formula is C13H15NO5. The Hall–Kier alpha value is -2.50. The normalized spacial score (nSPS) is 9.47. The van der Waals surface area contributed by atoms with Gasteiger partial charge in [-0.2, -0.15) is 0 Å². The minimum atomic E-state index is -1.02. The number of benzene rings is 1. The van der Waals surface area contributed by atoms with Gasteiger partial charge in [-0.1, -0.05) is 18.7 Å². The van der Waals surface area contributed by atoms with Crippen molar-refractivity contribution in [3.05, 3.63) is 42.5 Å². The van der Waals surface area contributed by atoms with Crippen molar-refractivity contribution in [1.82, 2.24) is 5.32 Å². The van der Waals surface area contributed by atoms with Gasteiger partial charge in [0.05, 0.1) is 12.1 Å². The maximum absolute atomic E-state index is 11.0. The van der Waals surface area contributed by atoms with E-state index in [1.54, 1.807) is 12.1 Å². The number of nitrogens with one attached hydrogen (secondary N) is 1. The molecule has 0 saturated heterocycles. The molecule has 0 spiro atoms. The summed E-state index contributed by atoms with van der Waals surface area (Å²) in [5.41, 5.74) is 0.149. The summed E-state index contributed by atoms with van der Waals surface area (Å²) < 4.78 is 9.99. The lowest BCUT2D eigenvalue weighted by Gasteiger charge is -2.08. The minimum Gasteiger partial charge on any atom is -0.492 e. The van der Waals surface area contributed by atoms with Crippen LogP contribution in [0.3, 0.4) is 0 Å². The molecule has 0 radical (unpaired) electrons. The number of carboxylic acid groups (broad SMARTS) is 1. The summed E-state index contributed by atoms with van der Waals surface area (Å²) in [6.07, 6.45) is 0.913. The van der Waals surface area contributed by atoms with E-state index in [-0.39, 0.29) is 25.3 Å². The van der Waals surface area contributed by atoms with Crippen LogP contribution < -0.4 is 10.1 Å². The van der Waals surface area contributed by atoms with Gasteiger partial charge >= 0.3 is 12.1 Å². The second-order valence-electron chi connectivity index (χ2n) is 3.50. The van der Waals surface area contributed by atoms with Crippen molar-refractivity contribution >= 4 is 12.1 Å². The van der Waals surface area contributed by atoms with Crippen molar-refractivity contribution in [3.63, 3.8) is 0 Å². The Balaban J connectivity index is 2.29. The van der Waals surface area contributed by atoms with E-state index in [0.29, 0.717) is 5.75 Å². The molecule has 6 nitrogen and oxygen atoms in total. The molecule has 0 saturated carbocycles. The SMILES string of the molecule is C=CCOC(=O)NCCOc1cccc(C(=O)O)c1. The standard InChI is InChI=1S/C13H15NO5/c1-2-7-19-13(17)14-6-8-18-11-5-3-4-10(9-11)12(15)16/h2-5,9H,1,6-8H2,(H,14,17)(H,15,16). The van der Waals surface area contributed by atoms with Gasteiger partial charge in [-0.15, -0.1) is 0 Å². The number of carboxylic acids is 1. The number of alkyl carbamates (subject to hydrolysis) is 1. The van der Waals surface area contributed by atoms with E-state index in [2.05, 4.69) is 11.9 Å². The van der Waals surface area contributed by atoms with Gasteiger partial charge < -0.3 is 19.9 Å². The lowest BCUT2D eigenvalue weighted by molar-refractivity contribution is 0.0696. The van der Waals surface area contributed by atoms with Gasteiger partial charge in [0, 0.05) is 0 Å². The van der Waals surface area contributed by atoms with Gasteiger partial charge in [0.2, 0.25) is 0 Å². The molecular weight excluding hydrogens is 250 g/mol. The third-order valence-electron chi connectivity index (χ3n) is 2.05. The Bertz CT molecular complexity index is 458. The molecule has 102 valence electrons. The molecule has 0 heterocycles. The lowest BCUT2D eigenvalue weighted by atomic mass is 10.2. The number of carbonyl (C=O) groups is 2. The molecule has 1 rings (SSSR count). The van der Waals surface area contributed by atoms with Gasteiger partial charge in [0.15, 0.2) is 0 Å². The molecule has 0 atom stereocenters. The molecule has 1 amide bonds. The zero-order valence-corrected chi connectivity index (χ0v) is 10.3. The second kappa shape index (κ2) is 7.75. The first-order chi connectivity index (χ1) is 9.13. The van der Waals surface area contributed by atoms with E-state index >= 15 is 0 Å². The van der Waals surface area contributed by atoms with E-state index in [1.165, 1.54) is 18.2 Å². The van der Waals surface area contributed by atoms with Crippen molar-refractivity contribution in [2.45, 2.75) is 0 Å². The number of rotatable bonds is 7. The number of carbonyl (C=O) groups excluding carboxylic acids is 1. The molecule has 1 aromatic carbocycles. The Kier molecular flexibility index (Phi) is 5.94. The molecule has 19 heavy (non-hydrogen) atoms. The van der Waals surface area contributed by atoms with Crippen LogP contribution in [0.1, 0.15) is 10.4 Å². The van der Waals surface area contributed by atoms with Crippen LogP contribution >= 0.6 is 0 Å². The molecule has 0 aliphatic carbocycles. The van der Waals surface area contributed by atoms with Crippen LogP contribution in [0.4, 0.5) is 4.79 Å². The van der Waals surface area contributed by atoms with E-state index in [0.717, 1.165) is 0 Å². The Labute approximate surface area is 110 Å². The van der Waals surface area contributed by atoms with E-state index in [4.69, 9.17) is 14.6 Å². The zero-order chi connectivity index (χ0) is 14.1. The smallest absolute Gasteiger partial charge is 0.407 e. The third kappa shape index (κ3) is 5.58. The highest BCUT2D eigenvalue weighted by molar-refractivity contribution is 5.87. The topological polar surface area (TPSA) is 84.9 Å². The van der Waals surface area contributed by atoms with E-state index < -0.39 is 12.1 Å². The van der Waals surface area contributed by atoms with Crippen LogP contribution in [0.15, 0.2) is 36.9 Å². The fourth-order valence-electron chi connectivity index (χ4n) is 1.23. The van der Waals surface area contributed by atoms with E-state index in [9.17, 15) is 9.59 Å². The van der Waals surface area contributed by atoms with Crippen LogP contribution in [-0.4, -0.2) is 36.9 Å². The molecule has 0 aliphatic heterocycles. The summed E-state index contributed by atoms with van der Waals surface area (Å²) in [7, 11) is 0. The second-order valence-corrected chi connectivity index (χ2v) is 3.50. The summed E-state index contributed by atoms with van der Waals surface area (Å²) in [4.78, 5) is 21.8. The van der Waals surface area contributed by atoms with Gasteiger partial charge in [-0.25, -0.2) is 9.59 Å². The van der Waals surface area contributed by atoms with Gasteiger partial charge in [-0.3, -0.25) is 0 Å². The van der Waals surface area contributed by atoms with Crippen LogP contribution in [-0.2, 0) is 4.74 Å². The summed E-state index contributed by atoms with van der Waals surface area (Å²) in [5, 5.41) is 11.3. The Morgan fingerprint density at radius 1 is 1.42 bits per heavy atom. The van der Waals surface area contributed by atoms with Crippen molar-refractivity contribution < 1.29 is 24.2 Å². The van der Waals surface area contributed by atoms with Crippen LogP contribution in [0.5, 0.6) is 5.75 Å². The number of ether oxygens (including phenoxy) is 2. The molecule has 0 aromatic heterocycles. The van der Waals surface area contributed by atoms with Gasteiger partial charge in [0.25, 0.3) is 0 Å². The largest absolute Gasteiger partial charge is 0.492 e. The first kappa shape index (κ1) is 14.6. The zero-order valence-electron chi connectivity index (χ0n) is 10.3. The number of hydrogen-bond acceptors (Lipinski definition) is 4. The number of aromatic carboxylic acids is 1. The first-order valence-corrected chi connectivity index (χ1v) is 5.61. The molecule has 6 heteroatoms. The first-order valence-electron chi connectivity index (χ1n) is 5.61. The average Bonchev–Trinajstić information content (AvgIpc) is 2.41. The predicted octanol–water partition coefficient (Wildman–Crippen LogP) is 1.68. The Morgan fingerprint density at radius 3 is 2.89 bits per heavy atom.